The molecule has 3 aromatic rings. The number of aromatic amines is 1. The fourth-order valence-corrected chi connectivity index (χ4v) is 8.19. The molecular formula is C31H42N4OS. The minimum Gasteiger partial charge on any atom is -0.346 e. The number of nitrogens with zero attached hydrogens (tertiary/aromatic N) is 3. The normalized spacial score (nSPS) is 24.9. The monoisotopic (exact) mass is 518 g/mol. The number of ketones is 1. The molecule has 5 nitrogen and oxygen atoms in total. The lowest BCUT2D eigenvalue weighted by molar-refractivity contribution is -0.127. The molecule has 6 heteroatoms. The number of benzene rings is 1. The molecule has 1 atom stereocenters. The van der Waals surface area contributed by atoms with Crippen molar-refractivity contribution in [2.24, 2.45) is 5.92 Å². The van der Waals surface area contributed by atoms with Gasteiger partial charge in [-0.1, -0.05) is 17.2 Å². The fraction of sp³-hybridized carbons (Fsp3) is 0.581. The Morgan fingerprint density at radius 3 is 2.30 bits per heavy atom. The van der Waals surface area contributed by atoms with E-state index in [0.29, 0.717) is 11.7 Å². The number of thiophene rings is 1. The zero-order valence-electron chi connectivity index (χ0n) is 23.2. The lowest BCUT2D eigenvalue weighted by atomic mass is 9.79. The van der Waals surface area contributed by atoms with Gasteiger partial charge in [0.15, 0.2) is 5.78 Å². The smallest absolute Gasteiger partial charge is 0.160 e. The Hall–Kier alpha value is -1.99. The van der Waals surface area contributed by atoms with E-state index >= 15 is 0 Å². The van der Waals surface area contributed by atoms with E-state index in [9.17, 15) is 4.79 Å². The van der Waals surface area contributed by atoms with Crippen molar-refractivity contribution in [2.45, 2.75) is 58.4 Å². The highest BCUT2D eigenvalue weighted by molar-refractivity contribution is 7.19. The van der Waals surface area contributed by atoms with Gasteiger partial charge in [0.2, 0.25) is 0 Å². The first-order valence-electron chi connectivity index (χ1n) is 14.1. The molecule has 1 aromatic carbocycles. The van der Waals surface area contributed by atoms with Crippen molar-refractivity contribution in [3.63, 3.8) is 0 Å². The number of rotatable bonds is 7. The molecule has 1 N–H and O–H groups in total. The molecule has 3 saturated heterocycles. The SMILES string of the molecule is Cc1cc(C)cc(-c2[nH]c3sc(C(C)(C)C(=O)C4C5CCN4CC5)cc3c2CCN2CCN(C)CC2)c1. The van der Waals surface area contributed by atoms with Crippen molar-refractivity contribution < 1.29 is 4.79 Å². The van der Waals surface area contributed by atoms with Crippen molar-refractivity contribution >= 4 is 27.3 Å². The van der Waals surface area contributed by atoms with E-state index in [-0.39, 0.29) is 6.04 Å². The van der Waals surface area contributed by atoms with Gasteiger partial charge in [0.1, 0.15) is 4.83 Å². The van der Waals surface area contributed by atoms with Crippen LogP contribution >= 0.6 is 11.3 Å². The number of carbonyl (C=O) groups excluding carboxylic acids is 1. The average molecular weight is 519 g/mol. The van der Waals surface area contributed by atoms with Gasteiger partial charge >= 0.3 is 0 Å². The van der Waals surface area contributed by atoms with Crippen LogP contribution in [0.5, 0.6) is 0 Å². The van der Waals surface area contributed by atoms with Crippen LogP contribution < -0.4 is 0 Å². The first-order chi connectivity index (χ1) is 17.7. The van der Waals surface area contributed by atoms with Gasteiger partial charge in [0.25, 0.3) is 0 Å². The summed E-state index contributed by atoms with van der Waals surface area (Å²) < 4.78 is 0. The number of H-pyrrole nitrogens is 1. The molecule has 3 fully saturated rings. The maximum Gasteiger partial charge on any atom is 0.160 e. The van der Waals surface area contributed by atoms with E-state index < -0.39 is 5.41 Å². The number of nitrogens with one attached hydrogen (secondary N) is 1. The average Bonchev–Trinajstić information content (AvgIpc) is 3.63. The van der Waals surface area contributed by atoms with Crippen LogP contribution in [0, 0.1) is 19.8 Å². The van der Waals surface area contributed by atoms with Crippen molar-refractivity contribution in [1.29, 1.82) is 0 Å². The molecule has 0 radical (unpaired) electrons. The zero-order chi connectivity index (χ0) is 25.9. The summed E-state index contributed by atoms with van der Waals surface area (Å²) in [5.74, 6) is 0.983. The summed E-state index contributed by atoms with van der Waals surface area (Å²) in [6.45, 7) is 16.5. The van der Waals surface area contributed by atoms with E-state index in [1.54, 1.807) is 11.3 Å². The molecular weight excluding hydrogens is 476 g/mol. The van der Waals surface area contributed by atoms with Crippen LogP contribution in [0.15, 0.2) is 24.3 Å². The minimum atomic E-state index is -0.463. The minimum absolute atomic E-state index is 0.123. The van der Waals surface area contributed by atoms with E-state index in [1.165, 1.54) is 55.9 Å². The van der Waals surface area contributed by atoms with E-state index in [0.717, 1.165) is 52.2 Å². The summed E-state index contributed by atoms with van der Waals surface area (Å²) in [7, 11) is 2.22. The highest BCUT2D eigenvalue weighted by Gasteiger charge is 2.49. The molecule has 37 heavy (non-hydrogen) atoms. The van der Waals surface area contributed by atoms with Crippen molar-refractivity contribution in [1.82, 2.24) is 19.7 Å². The van der Waals surface area contributed by atoms with Gasteiger partial charge < -0.3 is 14.8 Å². The van der Waals surface area contributed by atoms with Crippen LogP contribution in [0.4, 0.5) is 0 Å². The molecule has 0 saturated carbocycles. The molecule has 0 amide bonds. The lowest BCUT2D eigenvalue weighted by Crippen LogP contribution is -2.45. The number of fused-ring (bicyclic) bond motifs is 3. The highest BCUT2D eigenvalue weighted by atomic mass is 32.1. The van der Waals surface area contributed by atoms with Gasteiger partial charge in [0.05, 0.1) is 17.2 Å². The predicted molar refractivity (Wildman–Crippen MR) is 155 cm³/mol. The summed E-state index contributed by atoms with van der Waals surface area (Å²) in [5, 5.41) is 1.32. The van der Waals surface area contributed by atoms with Gasteiger partial charge in [0, 0.05) is 43.0 Å². The number of likely N-dealkylation sites (N-methyl/N-ethyl adjacent to an activating group) is 1. The molecule has 2 bridgehead atoms. The third-order valence-electron chi connectivity index (χ3n) is 9.30. The topological polar surface area (TPSA) is 42.6 Å². The van der Waals surface area contributed by atoms with Gasteiger partial charge in [-0.05, 0) is 102 Å². The predicted octanol–water partition coefficient (Wildman–Crippen LogP) is 5.24. The molecule has 0 aliphatic carbocycles. The number of hydrogen-bond acceptors (Lipinski definition) is 5. The molecule has 5 heterocycles. The molecule has 3 aliphatic heterocycles. The Balaban J connectivity index is 1.35. The van der Waals surface area contributed by atoms with E-state index in [1.807, 2.05) is 0 Å². The molecule has 1 unspecified atom stereocenters. The van der Waals surface area contributed by atoms with Crippen LogP contribution in [0.1, 0.15) is 48.3 Å². The molecule has 0 spiro atoms. The second-order valence-corrected chi connectivity index (χ2v) is 13.5. The van der Waals surface area contributed by atoms with Crippen LogP contribution in [0.2, 0.25) is 0 Å². The fourth-order valence-electron chi connectivity index (χ4n) is 6.99. The standard InChI is InChI=1S/C31H42N4OS/c1-20-16-21(2)18-23(17-20)27-24(8-9-34-14-12-33(5)13-15-34)25-19-26(37-30(25)32-27)31(3,4)29(36)28-22-6-10-35(28)11-7-22/h16-19,22,28,32H,6-15H2,1-5H3. The summed E-state index contributed by atoms with van der Waals surface area (Å²) >= 11 is 1.80. The van der Waals surface area contributed by atoms with Crippen molar-refractivity contribution in [3.05, 3.63) is 45.8 Å². The molecule has 2 aromatic heterocycles. The Kier molecular flexibility index (Phi) is 6.59. The van der Waals surface area contributed by atoms with Crippen molar-refractivity contribution in [3.8, 4) is 11.3 Å². The maximum atomic E-state index is 13.9. The van der Waals surface area contributed by atoms with Crippen LogP contribution in [-0.2, 0) is 16.6 Å². The summed E-state index contributed by atoms with van der Waals surface area (Å²) in [4.78, 5) is 27.6. The van der Waals surface area contributed by atoms with Gasteiger partial charge in [-0.25, -0.2) is 0 Å². The summed E-state index contributed by atoms with van der Waals surface area (Å²) in [6, 6.07) is 9.34. The Morgan fingerprint density at radius 1 is 1.00 bits per heavy atom. The number of aryl methyl sites for hydroxylation is 2. The van der Waals surface area contributed by atoms with Crippen LogP contribution in [0.25, 0.3) is 21.5 Å². The van der Waals surface area contributed by atoms with Gasteiger partial charge in [-0.3, -0.25) is 9.69 Å². The first-order valence-corrected chi connectivity index (χ1v) is 14.9. The number of hydrogen-bond donors (Lipinski definition) is 1. The molecule has 6 rings (SSSR count). The quantitative estimate of drug-likeness (QED) is 0.464. The van der Waals surface area contributed by atoms with Crippen molar-refractivity contribution in [2.75, 3.05) is 52.9 Å². The molecule has 3 aliphatic rings. The largest absolute Gasteiger partial charge is 0.346 e. The number of aromatic nitrogens is 1. The summed E-state index contributed by atoms with van der Waals surface area (Å²) in [5.41, 5.74) is 6.08. The first kappa shape index (κ1) is 25.3. The number of piperidine rings is 1. The van der Waals surface area contributed by atoms with Crippen LogP contribution in [0.3, 0.4) is 0 Å². The Morgan fingerprint density at radius 2 is 1.68 bits per heavy atom. The number of Topliss-reactive ketones (excluding diaryl/α,β-unsaturated/α-hetero) is 1. The summed E-state index contributed by atoms with van der Waals surface area (Å²) in [6.07, 6.45) is 3.40. The third-order valence-corrected chi connectivity index (χ3v) is 10.7. The van der Waals surface area contributed by atoms with Crippen LogP contribution in [-0.4, -0.2) is 84.4 Å². The lowest BCUT2D eigenvalue weighted by Gasteiger charge is -2.32. The Labute approximate surface area is 225 Å². The number of piperazine rings is 1. The second kappa shape index (κ2) is 9.64. The Bertz CT molecular complexity index is 1270. The second-order valence-electron chi connectivity index (χ2n) is 12.4. The third kappa shape index (κ3) is 4.60. The highest BCUT2D eigenvalue weighted by Crippen LogP contribution is 2.44. The number of carbonyl (C=O) groups is 1. The zero-order valence-corrected chi connectivity index (χ0v) is 24.0. The maximum absolute atomic E-state index is 13.9. The van der Waals surface area contributed by atoms with E-state index in [4.69, 9.17) is 0 Å². The van der Waals surface area contributed by atoms with Gasteiger partial charge in [-0.2, -0.15) is 0 Å². The van der Waals surface area contributed by atoms with E-state index in [2.05, 4.69) is 78.7 Å². The molecule has 198 valence electrons. The van der Waals surface area contributed by atoms with Gasteiger partial charge in [-0.15, -0.1) is 11.3 Å².